The van der Waals surface area contributed by atoms with Crippen LogP contribution in [0.1, 0.15) is 35.5 Å². The Hall–Kier alpha value is -2.63. The molecule has 0 saturated heterocycles. The summed E-state index contributed by atoms with van der Waals surface area (Å²) in [7, 11) is 1.87. The second kappa shape index (κ2) is 9.25. The molecule has 31 heavy (non-hydrogen) atoms. The summed E-state index contributed by atoms with van der Waals surface area (Å²) in [6.07, 6.45) is 1.63. The molecule has 0 unspecified atom stereocenters. The number of aryl methyl sites for hydroxylation is 1. The second-order valence-corrected chi connectivity index (χ2v) is 8.41. The van der Waals surface area contributed by atoms with Gasteiger partial charge < -0.3 is 9.80 Å². The highest BCUT2D eigenvalue weighted by atomic mass is 35.5. The topological polar surface area (TPSA) is 41.4 Å². The normalized spacial score (nSPS) is 12.5. The zero-order valence-corrected chi connectivity index (χ0v) is 19.2. The van der Waals surface area contributed by atoms with Crippen LogP contribution in [-0.2, 0) is 12.8 Å². The van der Waals surface area contributed by atoms with Crippen LogP contribution >= 0.6 is 11.6 Å². The van der Waals surface area contributed by atoms with Crippen molar-refractivity contribution in [2.45, 2.75) is 26.7 Å². The SMILES string of the molecule is CCN(CC)CCN(C)C(=O)c1nn(-c2ccccc2)c2c1CCc1cc(Cl)ccc1-2. The second-order valence-electron chi connectivity index (χ2n) is 7.98. The maximum Gasteiger partial charge on any atom is 0.274 e. The van der Waals surface area contributed by atoms with Gasteiger partial charge in [-0.25, -0.2) is 4.68 Å². The molecule has 5 nitrogen and oxygen atoms in total. The van der Waals surface area contributed by atoms with Gasteiger partial charge in [0.25, 0.3) is 5.91 Å². The molecule has 0 aliphatic heterocycles. The van der Waals surface area contributed by atoms with E-state index >= 15 is 0 Å². The minimum absolute atomic E-state index is 0.0181. The highest BCUT2D eigenvalue weighted by Gasteiger charge is 2.30. The van der Waals surface area contributed by atoms with Crippen LogP contribution in [0.5, 0.6) is 0 Å². The van der Waals surface area contributed by atoms with Gasteiger partial charge in [0.05, 0.1) is 11.4 Å². The average Bonchev–Trinajstić information content (AvgIpc) is 3.19. The standard InChI is InChI=1S/C25H29ClN4O/c1-4-29(5-2)16-15-28(3)25(31)23-22-13-11-18-17-19(26)12-14-21(18)24(22)30(27-23)20-9-7-6-8-10-20/h6-10,12,14,17H,4-5,11,13,15-16H2,1-3H3. The summed E-state index contributed by atoms with van der Waals surface area (Å²) >= 11 is 6.25. The number of hydrogen-bond acceptors (Lipinski definition) is 3. The van der Waals surface area contributed by atoms with E-state index < -0.39 is 0 Å². The van der Waals surface area contributed by atoms with Gasteiger partial charge in [-0.1, -0.05) is 49.7 Å². The van der Waals surface area contributed by atoms with Gasteiger partial charge in [0, 0.05) is 36.3 Å². The zero-order chi connectivity index (χ0) is 22.0. The Morgan fingerprint density at radius 2 is 1.81 bits per heavy atom. The van der Waals surface area contributed by atoms with E-state index in [1.807, 2.05) is 54.2 Å². The Labute approximate surface area is 189 Å². The lowest BCUT2D eigenvalue weighted by Gasteiger charge is -2.23. The number of likely N-dealkylation sites (N-methyl/N-ethyl adjacent to an activating group) is 2. The zero-order valence-electron chi connectivity index (χ0n) is 18.4. The molecule has 1 aliphatic carbocycles. The molecule has 0 N–H and O–H groups in total. The summed E-state index contributed by atoms with van der Waals surface area (Å²) in [5, 5.41) is 5.59. The maximum absolute atomic E-state index is 13.4. The molecule has 162 valence electrons. The summed E-state index contributed by atoms with van der Waals surface area (Å²) < 4.78 is 1.92. The highest BCUT2D eigenvalue weighted by molar-refractivity contribution is 6.30. The van der Waals surface area contributed by atoms with E-state index in [9.17, 15) is 4.79 Å². The molecule has 0 radical (unpaired) electrons. The summed E-state index contributed by atoms with van der Waals surface area (Å²) in [6.45, 7) is 7.80. The molecule has 0 spiro atoms. The molecule has 1 aliphatic rings. The summed E-state index contributed by atoms with van der Waals surface area (Å²) in [6, 6.07) is 16.0. The number of benzene rings is 2. The number of carbonyl (C=O) groups is 1. The molecule has 0 atom stereocenters. The first-order valence-corrected chi connectivity index (χ1v) is 11.3. The summed E-state index contributed by atoms with van der Waals surface area (Å²) in [5.41, 5.74) is 5.84. The molecule has 6 heteroatoms. The quantitative estimate of drug-likeness (QED) is 0.538. The van der Waals surface area contributed by atoms with E-state index in [4.69, 9.17) is 16.7 Å². The van der Waals surface area contributed by atoms with Crippen LogP contribution in [0.3, 0.4) is 0 Å². The summed E-state index contributed by atoms with van der Waals surface area (Å²) in [4.78, 5) is 17.5. The number of halogens is 1. The van der Waals surface area contributed by atoms with Crippen LogP contribution in [0.2, 0.25) is 5.02 Å². The van der Waals surface area contributed by atoms with Crippen molar-refractivity contribution in [1.29, 1.82) is 0 Å². The van der Waals surface area contributed by atoms with Gasteiger partial charge in [0.1, 0.15) is 0 Å². The van der Waals surface area contributed by atoms with Gasteiger partial charge in [-0.15, -0.1) is 0 Å². The van der Waals surface area contributed by atoms with Crippen LogP contribution in [0.15, 0.2) is 48.5 Å². The average molecular weight is 437 g/mol. The van der Waals surface area contributed by atoms with Crippen LogP contribution in [0.4, 0.5) is 0 Å². The molecule has 1 aromatic heterocycles. The van der Waals surface area contributed by atoms with Crippen molar-refractivity contribution in [1.82, 2.24) is 19.6 Å². The van der Waals surface area contributed by atoms with Gasteiger partial charge in [-0.2, -0.15) is 5.10 Å². The molecule has 0 saturated carbocycles. The van der Waals surface area contributed by atoms with Crippen molar-refractivity contribution in [2.24, 2.45) is 0 Å². The lowest BCUT2D eigenvalue weighted by molar-refractivity contribution is 0.0772. The Bertz CT molecular complexity index is 1070. The van der Waals surface area contributed by atoms with Crippen LogP contribution in [-0.4, -0.2) is 58.7 Å². The van der Waals surface area contributed by atoms with Crippen molar-refractivity contribution in [3.63, 3.8) is 0 Å². The Morgan fingerprint density at radius 3 is 2.52 bits per heavy atom. The minimum atomic E-state index is -0.0181. The number of nitrogens with zero attached hydrogens (tertiary/aromatic N) is 4. The number of fused-ring (bicyclic) bond motifs is 3. The summed E-state index contributed by atoms with van der Waals surface area (Å²) in [5.74, 6) is -0.0181. The van der Waals surface area contributed by atoms with Crippen molar-refractivity contribution < 1.29 is 4.79 Å². The number of rotatable bonds is 7. The molecule has 0 bridgehead atoms. The Kier molecular flexibility index (Phi) is 6.44. The Morgan fingerprint density at radius 1 is 1.06 bits per heavy atom. The van der Waals surface area contributed by atoms with Crippen molar-refractivity contribution in [2.75, 3.05) is 33.2 Å². The van der Waals surface area contributed by atoms with Gasteiger partial charge in [-0.3, -0.25) is 4.79 Å². The van der Waals surface area contributed by atoms with Crippen LogP contribution in [0.25, 0.3) is 16.9 Å². The van der Waals surface area contributed by atoms with E-state index in [0.29, 0.717) is 12.2 Å². The monoisotopic (exact) mass is 436 g/mol. The third-order valence-electron chi connectivity index (χ3n) is 6.15. The van der Waals surface area contributed by atoms with Gasteiger partial charge in [0.15, 0.2) is 5.69 Å². The lowest BCUT2D eigenvalue weighted by atomic mass is 9.88. The van der Waals surface area contributed by atoms with Crippen molar-refractivity contribution >= 4 is 17.5 Å². The third kappa shape index (κ3) is 4.25. The number of aromatic nitrogens is 2. The first-order chi connectivity index (χ1) is 15.0. The molecule has 0 fully saturated rings. The fourth-order valence-electron chi connectivity index (χ4n) is 4.27. The lowest BCUT2D eigenvalue weighted by Crippen LogP contribution is -2.36. The Balaban J connectivity index is 1.75. The van der Waals surface area contributed by atoms with E-state index in [1.165, 1.54) is 5.56 Å². The fourth-order valence-corrected chi connectivity index (χ4v) is 4.46. The van der Waals surface area contributed by atoms with Gasteiger partial charge in [-0.05, 0) is 55.8 Å². The third-order valence-corrected chi connectivity index (χ3v) is 6.38. The largest absolute Gasteiger partial charge is 0.339 e. The number of para-hydroxylation sites is 1. The molecule has 4 rings (SSSR count). The molecule has 1 amide bonds. The van der Waals surface area contributed by atoms with Crippen molar-refractivity contribution in [3.8, 4) is 16.9 Å². The van der Waals surface area contributed by atoms with Crippen LogP contribution in [0, 0.1) is 0 Å². The fraction of sp³-hybridized carbons (Fsp3) is 0.360. The van der Waals surface area contributed by atoms with Gasteiger partial charge >= 0.3 is 0 Å². The number of amides is 1. The van der Waals surface area contributed by atoms with E-state index in [0.717, 1.165) is 60.0 Å². The van der Waals surface area contributed by atoms with Gasteiger partial charge in [0.2, 0.25) is 0 Å². The van der Waals surface area contributed by atoms with E-state index in [1.54, 1.807) is 4.90 Å². The predicted octanol–water partition coefficient (Wildman–Crippen LogP) is 4.71. The van der Waals surface area contributed by atoms with E-state index in [2.05, 4.69) is 24.8 Å². The molecule has 3 aromatic rings. The van der Waals surface area contributed by atoms with Crippen molar-refractivity contribution in [3.05, 3.63) is 70.4 Å². The minimum Gasteiger partial charge on any atom is -0.339 e. The molecule has 1 heterocycles. The molecular formula is C25H29ClN4O. The highest BCUT2D eigenvalue weighted by Crippen LogP contribution is 2.38. The number of hydrogen-bond donors (Lipinski definition) is 0. The molecule has 2 aromatic carbocycles. The first-order valence-electron chi connectivity index (χ1n) is 11.0. The molecular weight excluding hydrogens is 408 g/mol. The maximum atomic E-state index is 13.4. The predicted molar refractivity (Wildman–Crippen MR) is 126 cm³/mol. The first kappa shape index (κ1) is 21.6. The number of carbonyl (C=O) groups excluding carboxylic acids is 1. The van der Waals surface area contributed by atoms with Crippen LogP contribution < -0.4 is 0 Å². The van der Waals surface area contributed by atoms with E-state index in [-0.39, 0.29) is 5.91 Å². The smallest absolute Gasteiger partial charge is 0.274 e.